The SMILES string of the molecule is O=C([O-])CCCCC[N+]12CCN(CC1)CC2. The topological polar surface area (TPSA) is 43.4 Å². The van der Waals surface area contributed by atoms with E-state index in [0.717, 1.165) is 12.8 Å². The van der Waals surface area contributed by atoms with Crippen LogP contribution in [0.2, 0.25) is 0 Å². The van der Waals surface area contributed by atoms with Gasteiger partial charge in [0.15, 0.2) is 0 Å². The first-order chi connectivity index (χ1) is 7.70. The van der Waals surface area contributed by atoms with Crippen molar-refractivity contribution in [3.63, 3.8) is 0 Å². The van der Waals surface area contributed by atoms with Crippen LogP contribution >= 0.6 is 0 Å². The number of hydrogen-bond acceptors (Lipinski definition) is 3. The van der Waals surface area contributed by atoms with Gasteiger partial charge in [-0.1, -0.05) is 0 Å². The summed E-state index contributed by atoms with van der Waals surface area (Å²) in [5, 5.41) is 10.3. The van der Waals surface area contributed by atoms with Gasteiger partial charge in [-0.2, -0.15) is 0 Å². The second-order valence-electron chi connectivity index (χ2n) is 5.26. The van der Waals surface area contributed by atoms with Gasteiger partial charge in [0.05, 0.1) is 26.2 Å². The minimum absolute atomic E-state index is 0.230. The van der Waals surface area contributed by atoms with E-state index in [0.29, 0.717) is 0 Å². The first-order valence-electron chi connectivity index (χ1n) is 6.48. The fourth-order valence-corrected chi connectivity index (χ4v) is 2.96. The molecule has 0 aliphatic carbocycles. The smallest absolute Gasteiger partial charge is 0.0916 e. The summed E-state index contributed by atoms with van der Waals surface area (Å²) in [6.45, 7) is 8.96. The zero-order chi connectivity index (χ0) is 11.4. The van der Waals surface area contributed by atoms with E-state index in [4.69, 9.17) is 0 Å². The van der Waals surface area contributed by atoms with Crippen molar-refractivity contribution in [3.05, 3.63) is 0 Å². The van der Waals surface area contributed by atoms with Crippen molar-refractivity contribution in [1.29, 1.82) is 0 Å². The Labute approximate surface area is 97.4 Å². The monoisotopic (exact) mass is 226 g/mol. The Hall–Kier alpha value is -0.610. The molecule has 0 amide bonds. The van der Waals surface area contributed by atoms with Gasteiger partial charge in [-0.05, 0) is 25.7 Å². The van der Waals surface area contributed by atoms with Crippen LogP contribution in [0.4, 0.5) is 0 Å². The van der Waals surface area contributed by atoms with Gasteiger partial charge in [0.1, 0.15) is 0 Å². The van der Waals surface area contributed by atoms with Crippen molar-refractivity contribution in [1.82, 2.24) is 4.90 Å². The zero-order valence-electron chi connectivity index (χ0n) is 9.99. The lowest BCUT2D eigenvalue weighted by Crippen LogP contribution is -2.67. The van der Waals surface area contributed by atoms with Crippen molar-refractivity contribution < 1.29 is 14.4 Å². The molecule has 3 saturated heterocycles. The van der Waals surface area contributed by atoms with Crippen molar-refractivity contribution in [3.8, 4) is 0 Å². The quantitative estimate of drug-likeness (QED) is 0.450. The molecule has 2 bridgehead atoms. The van der Waals surface area contributed by atoms with Gasteiger partial charge >= 0.3 is 0 Å². The molecule has 4 nitrogen and oxygen atoms in total. The zero-order valence-corrected chi connectivity index (χ0v) is 9.99. The largest absolute Gasteiger partial charge is 0.550 e. The van der Waals surface area contributed by atoms with Crippen molar-refractivity contribution in [2.75, 3.05) is 45.8 Å². The number of aliphatic carboxylic acids is 1. The number of piperazine rings is 3. The predicted molar refractivity (Wildman–Crippen MR) is 59.6 cm³/mol. The summed E-state index contributed by atoms with van der Waals surface area (Å²) in [5.41, 5.74) is 0. The maximum absolute atomic E-state index is 10.3. The van der Waals surface area contributed by atoms with Gasteiger partial charge in [-0.3, -0.25) is 4.90 Å². The van der Waals surface area contributed by atoms with E-state index in [2.05, 4.69) is 4.90 Å². The lowest BCUT2D eigenvalue weighted by Gasteiger charge is -2.50. The normalized spacial score (nSPS) is 32.9. The summed E-state index contributed by atoms with van der Waals surface area (Å²) in [7, 11) is 0. The fraction of sp³-hybridized carbons (Fsp3) is 0.917. The number of nitrogens with zero attached hydrogens (tertiary/aromatic N) is 2. The van der Waals surface area contributed by atoms with Crippen LogP contribution in [-0.4, -0.2) is 61.2 Å². The molecule has 92 valence electrons. The van der Waals surface area contributed by atoms with E-state index in [1.54, 1.807) is 0 Å². The molecule has 3 aliphatic heterocycles. The fourth-order valence-electron chi connectivity index (χ4n) is 2.96. The van der Waals surface area contributed by atoms with E-state index in [1.165, 1.54) is 56.7 Å². The first kappa shape index (κ1) is 11.9. The second kappa shape index (κ2) is 5.15. The molecule has 4 heteroatoms. The number of unbranched alkanes of at least 4 members (excludes halogenated alkanes) is 2. The minimum Gasteiger partial charge on any atom is -0.550 e. The summed E-state index contributed by atoms with van der Waals surface area (Å²) in [4.78, 5) is 12.8. The van der Waals surface area contributed by atoms with Crippen molar-refractivity contribution in [2.45, 2.75) is 25.7 Å². The molecule has 0 N–H and O–H groups in total. The molecule has 3 fully saturated rings. The standard InChI is InChI=1S/C12H22N2O2/c15-12(16)4-2-1-3-8-14-9-5-13(6-10-14)7-11-14/h1-11H2. The molecule has 0 aromatic heterocycles. The van der Waals surface area contributed by atoms with E-state index >= 15 is 0 Å². The Bertz CT molecular complexity index is 234. The Morgan fingerprint density at radius 2 is 1.69 bits per heavy atom. The maximum Gasteiger partial charge on any atom is 0.0916 e. The summed E-state index contributed by atoms with van der Waals surface area (Å²) in [5.74, 6) is -0.904. The van der Waals surface area contributed by atoms with Gasteiger partial charge in [0.25, 0.3) is 0 Å². The van der Waals surface area contributed by atoms with Crippen molar-refractivity contribution in [2.24, 2.45) is 0 Å². The van der Waals surface area contributed by atoms with Crippen LogP contribution in [0.25, 0.3) is 0 Å². The van der Waals surface area contributed by atoms with Gasteiger partial charge in [-0.15, -0.1) is 0 Å². The molecule has 0 unspecified atom stereocenters. The molecule has 16 heavy (non-hydrogen) atoms. The number of rotatable bonds is 6. The summed E-state index contributed by atoms with van der Waals surface area (Å²) in [6, 6.07) is 0. The van der Waals surface area contributed by atoms with Gasteiger partial charge < -0.3 is 14.4 Å². The highest BCUT2D eigenvalue weighted by Gasteiger charge is 2.37. The highest BCUT2D eigenvalue weighted by Crippen LogP contribution is 2.20. The molecular weight excluding hydrogens is 204 g/mol. The molecule has 0 saturated carbocycles. The molecule has 3 rings (SSSR count). The molecule has 0 aromatic rings. The Kier molecular flexibility index (Phi) is 3.82. The van der Waals surface area contributed by atoms with Crippen LogP contribution in [0, 0.1) is 0 Å². The number of carbonyl (C=O) groups is 1. The maximum atomic E-state index is 10.3. The van der Waals surface area contributed by atoms with Crippen LogP contribution < -0.4 is 5.11 Å². The number of quaternary nitrogens is 1. The van der Waals surface area contributed by atoms with E-state index in [9.17, 15) is 9.90 Å². The summed E-state index contributed by atoms with van der Waals surface area (Å²) < 4.78 is 1.29. The van der Waals surface area contributed by atoms with Crippen molar-refractivity contribution >= 4 is 5.97 Å². The van der Waals surface area contributed by atoms with Gasteiger partial charge in [0.2, 0.25) is 0 Å². The summed E-state index contributed by atoms with van der Waals surface area (Å²) >= 11 is 0. The second-order valence-corrected chi connectivity index (χ2v) is 5.26. The Morgan fingerprint density at radius 1 is 1.06 bits per heavy atom. The average Bonchev–Trinajstić information content (AvgIpc) is 2.30. The number of fused-ring (bicyclic) bond motifs is 3. The molecule has 0 atom stereocenters. The lowest BCUT2D eigenvalue weighted by molar-refractivity contribution is -0.941. The highest BCUT2D eigenvalue weighted by atomic mass is 16.4. The van der Waals surface area contributed by atoms with Gasteiger partial charge in [0, 0.05) is 25.6 Å². The van der Waals surface area contributed by atoms with E-state index in [-0.39, 0.29) is 6.42 Å². The van der Waals surface area contributed by atoms with Crippen LogP contribution in [0.15, 0.2) is 0 Å². The van der Waals surface area contributed by atoms with Crippen LogP contribution in [-0.2, 0) is 4.79 Å². The minimum atomic E-state index is -0.904. The third-order valence-electron chi connectivity index (χ3n) is 4.19. The number of carboxylic acid groups (broad SMARTS) is 1. The molecule has 0 spiro atoms. The van der Waals surface area contributed by atoms with Crippen LogP contribution in [0.1, 0.15) is 25.7 Å². The molecule has 0 radical (unpaired) electrons. The predicted octanol–water partition coefficient (Wildman–Crippen LogP) is -0.557. The number of carbonyl (C=O) groups excluding carboxylic acids is 1. The third kappa shape index (κ3) is 2.95. The Morgan fingerprint density at radius 3 is 2.25 bits per heavy atom. The Balaban J connectivity index is 1.63. The molecular formula is C12H22N2O2. The first-order valence-corrected chi connectivity index (χ1v) is 6.48. The number of hydrogen-bond donors (Lipinski definition) is 0. The number of carboxylic acids is 1. The van der Waals surface area contributed by atoms with Crippen LogP contribution in [0.5, 0.6) is 0 Å². The van der Waals surface area contributed by atoms with E-state index < -0.39 is 5.97 Å². The van der Waals surface area contributed by atoms with Crippen LogP contribution in [0.3, 0.4) is 0 Å². The molecule has 0 aromatic carbocycles. The molecule has 3 heterocycles. The third-order valence-corrected chi connectivity index (χ3v) is 4.19. The highest BCUT2D eigenvalue weighted by molar-refractivity contribution is 5.63. The van der Waals surface area contributed by atoms with Gasteiger partial charge in [-0.25, -0.2) is 0 Å². The lowest BCUT2D eigenvalue weighted by atomic mass is 10.1. The average molecular weight is 226 g/mol. The van der Waals surface area contributed by atoms with E-state index in [1.807, 2.05) is 0 Å². The molecule has 3 aliphatic rings. The summed E-state index contributed by atoms with van der Waals surface area (Å²) in [6.07, 6.45) is 3.23.